The van der Waals surface area contributed by atoms with Gasteiger partial charge in [-0.15, -0.1) is 0 Å². The van der Waals surface area contributed by atoms with Gasteiger partial charge < -0.3 is 5.73 Å². The normalized spacial score (nSPS) is 13.5. The number of nitrogen functional groups attached to an aromatic ring is 1. The molecule has 1 aromatic rings. The molecule has 0 amide bonds. The van der Waals surface area contributed by atoms with Gasteiger partial charge in [0.1, 0.15) is 5.82 Å². The Morgan fingerprint density at radius 2 is 2.07 bits per heavy atom. The van der Waals surface area contributed by atoms with Crippen LogP contribution in [0.25, 0.3) is 0 Å². The van der Waals surface area contributed by atoms with E-state index in [1.165, 1.54) is 6.42 Å². The van der Waals surface area contributed by atoms with Crippen LogP contribution in [0.1, 0.15) is 39.7 Å². The molecule has 4 heteroatoms. The van der Waals surface area contributed by atoms with Gasteiger partial charge in [-0.05, 0) is 48.3 Å². The van der Waals surface area contributed by atoms with Crippen LogP contribution in [0.4, 0.5) is 5.82 Å². The van der Waals surface area contributed by atoms with Crippen molar-refractivity contribution in [1.82, 2.24) is 9.78 Å². The number of hydrogen-bond donors (Lipinski definition) is 1. The molecular formula is C10H18IN3. The third-order valence-electron chi connectivity index (χ3n) is 2.37. The topological polar surface area (TPSA) is 43.8 Å². The van der Waals surface area contributed by atoms with Crippen LogP contribution in [0.2, 0.25) is 0 Å². The molecule has 1 unspecified atom stereocenters. The van der Waals surface area contributed by atoms with Gasteiger partial charge in [-0.1, -0.05) is 13.8 Å². The van der Waals surface area contributed by atoms with E-state index in [0.717, 1.165) is 21.7 Å². The van der Waals surface area contributed by atoms with E-state index in [1.54, 1.807) is 0 Å². The van der Waals surface area contributed by atoms with Crippen LogP contribution in [0.5, 0.6) is 0 Å². The first-order valence-electron chi connectivity index (χ1n) is 5.00. The molecule has 0 fully saturated rings. The standard InChI is InChI=1S/C10H18IN3/c1-7(2)4-5-8(3)14-10(12)9(11)6-13-14/h6-8H,4-5,12H2,1-3H3. The van der Waals surface area contributed by atoms with Crippen LogP contribution >= 0.6 is 22.6 Å². The Balaban J connectivity index is 2.60. The summed E-state index contributed by atoms with van der Waals surface area (Å²) in [5.41, 5.74) is 5.90. The van der Waals surface area contributed by atoms with E-state index >= 15 is 0 Å². The highest BCUT2D eigenvalue weighted by atomic mass is 127. The van der Waals surface area contributed by atoms with Crippen LogP contribution in [0.3, 0.4) is 0 Å². The molecule has 0 saturated heterocycles. The smallest absolute Gasteiger partial charge is 0.135 e. The van der Waals surface area contributed by atoms with Crippen molar-refractivity contribution < 1.29 is 0 Å². The van der Waals surface area contributed by atoms with E-state index < -0.39 is 0 Å². The molecule has 0 saturated carbocycles. The fourth-order valence-corrected chi connectivity index (χ4v) is 1.77. The minimum absolute atomic E-state index is 0.404. The third kappa shape index (κ3) is 2.87. The van der Waals surface area contributed by atoms with Gasteiger partial charge >= 0.3 is 0 Å². The SMILES string of the molecule is CC(C)CCC(C)n1ncc(I)c1N. The number of rotatable bonds is 4. The van der Waals surface area contributed by atoms with Crippen molar-refractivity contribution in [2.45, 2.75) is 39.7 Å². The molecule has 2 N–H and O–H groups in total. The third-order valence-corrected chi connectivity index (χ3v) is 3.20. The van der Waals surface area contributed by atoms with Crippen molar-refractivity contribution in [2.24, 2.45) is 5.92 Å². The number of halogens is 1. The molecule has 1 atom stereocenters. The van der Waals surface area contributed by atoms with E-state index in [1.807, 2.05) is 10.9 Å². The first kappa shape index (κ1) is 11.8. The zero-order valence-electron chi connectivity index (χ0n) is 9.00. The van der Waals surface area contributed by atoms with Crippen molar-refractivity contribution in [2.75, 3.05) is 5.73 Å². The Morgan fingerprint density at radius 1 is 1.43 bits per heavy atom. The lowest BCUT2D eigenvalue weighted by Gasteiger charge is -2.14. The Kier molecular flexibility index (Phi) is 4.22. The predicted octanol–water partition coefficient (Wildman–Crippen LogP) is 3.07. The zero-order chi connectivity index (χ0) is 10.7. The number of anilines is 1. The predicted molar refractivity (Wildman–Crippen MR) is 68.1 cm³/mol. The van der Waals surface area contributed by atoms with E-state index in [2.05, 4.69) is 48.5 Å². The summed E-state index contributed by atoms with van der Waals surface area (Å²) in [4.78, 5) is 0. The monoisotopic (exact) mass is 307 g/mol. The maximum absolute atomic E-state index is 5.90. The highest BCUT2D eigenvalue weighted by Gasteiger charge is 2.11. The molecule has 80 valence electrons. The average molecular weight is 307 g/mol. The molecule has 0 aromatic carbocycles. The Bertz CT molecular complexity index is 294. The highest BCUT2D eigenvalue weighted by Crippen LogP contribution is 2.22. The average Bonchev–Trinajstić information content (AvgIpc) is 2.44. The molecule has 1 heterocycles. The lowest BCUT2D eigenvalue weighted by molar-refractivity contribution is 0.415. The van der Waals surface area contributed by atoms with Gasteiger partial charge in [0.15, 0.2) is 0 Å². The van der Waals surface area contributed by atoms with Gasteiger partial charge in [-0.2, -0.15) is 5.10 Å². The fraction of sp³-hybridized carbons (Fsp3) is 0.700. The summed E-state index contributed by atoms with van der Waals surface area (Å²) in [5.74, 6) is 1.54. The largest absolute Gasteiger partial charge is 0.383 e. The summed E-state index contributed by atoms with van der Waals surface area (Å²) in [6.45, 7) is 6.65. The molecule has 0 aliphatic rings. The highest BCUT2D eigenvalue weighted by molar-refractivity contribution is 14.1. The van der Waals surface area contributed by atoms with E-state index in [4.69, 9.17) is 5.73 Å². The minimum Gasteiger partial charge on any atom is -0.383 e. The first-order valence-corrected chi connectivity index (χ1v) is 6.08. The number of nitrogens with two attached hydrogens (primary N) is 1. The fourth-order valence-electron chi connectivity index (χ4n) is 1.40. The lowest BCUT2D eigenvalue weighted by atomic mass is 10.0. The molecule has 0 bridgehead atoms. The van der Waals surface area contributed by atoms with Crippen molar-refractivity contribution >= 4 is 28.4 Å². The van der Waals surface area contributed by atoms with Gasteiger partial charge in [0.05, 0.1) is 15.8 Å². The Morgan fingerprint density at radius 3 is 2.50 bits per heavy atom. The summed E-state index contributed by atoms with van der Waals surface area (Å²) in [6.07, 6.45) is 4.18. The molecule has 0 spiro atoms. The second-order valence-electron chi connectivity index (χ2n) is 4.14. The summed E-state index contributed by atoms with van der Waals surface area (Å²) in [6, 6.07) is 0.404. The van der Waals surface area contributed by atoms with Crippen LogP contribution < -0.4 is 5.73 Å². The lowest BCUT2D eigenvalue weighted by Crippen LogP contribution is -2.11. The summed E-state index contributed by atoms with van der Waals surface area (Å²) in [7, 11) is 0. The molecule has 1 aromatic heterocycles. The first-order chi connectivity index (χ1) is 6.52. The molecule has 14 heavy (non-hydrogen) atoms. The molecule has 3 nitrogen and oxygen atoms in total. The van der Waals surface area contributed by atoms with E-state index in [9.17, 15) is 0 Å². The molecule has 0 aliphatic carbocycles. The van der Waals surface area contributed by atoms with Crippen LogP contribution in [0.15, 0.2) is 6.20 Å². The minimum atomic E-state index is 0.404. The van der Waals surface area contributed by atoms with Gasteiger partial charge in [-0.25, -0.2) is 4.68 Å². The van der Waals surface area contributed by atoms with Gasteiger partial charge in [0.2, 0.25) is 0 Å². The second kappa shape index (κ2) is 5.00. The Hall–Kier alpha value is -0.260. The van der Waals surface area contributed by atoms with Gasteiger partial charge in [0.25, 0.3) is 0 Å². The van der Waals surface area contributed by atoms with E-state index in [0.29, 0.717) is 6.04 Å². The van der Waals surface area contributed by atoms with E-state index in [-0.39, 0.29) is 0 Å². The molecular weight excluding hydrogens is 289 g/mol. The van der Waals surface area contributed by atoms with Crippen molar-refractivity contribution in [3.05, 3.63) is 9.77 Å². The Labute approximate surface area is 99.2 Å². The molecule has 0 aliphatic heterocycles. The molecule has 0 radical (unpaired) electrons. The summed E-state index contributed by atoms with van der Waals surface area (Å²) in [5, 5.41) is 4.28. The van der Waals surface area contributed by atoms with Crippen molar-refractivity contribution in [3.63, 3.8) is 0 Å². The number of nitrogens with zero attached hydrogens (tertiary/aromatic N) is 2. The second-order valence-corrected chi connectivity index (χ2v) is 5.30. The van der Waals surface area contributed by atoms with Crippen LogP contribution in [0, 0.1) is 9.49 Å². The summed E-state index contributed by atoms with van der Waals surface area (Å²) >= 11 is 2.21. The number of aromatic nitrogens is 2. The zero-order valence-corrected chi connectivity index (χ0v) is 11.2. The van der Waals surface area contributed by atoms with Crippen LogP contribution in [-0.2, 0) is 0 Å². The van der Waals surface area contributed by atoms with Crippen LogP contribution in [-0.4, -0.2) is 9.78 Å². The van der Waals surface area contributed by atoms with Gasteiger partial charge in [-0.3, -0.25) is 0 Å². The number of hydrogen-bond acceptors (Lipinski definition) is 2. The summed E-state index contributed by atoms with van der Waals surface area (Å²) < 4.78 is 2.96. The van der Waals surface area contributed by atoms with Crippen molar-refractivity contribution in [3.8, 4) is 0 Å². The maximum atomic E-state index is 5.90. The quantitative estimate of drug-likeness (QED) is 0.869. The van der Waals surface area contributed by atoms with Crippen molar-refractivity contribution in [1.29, 1.82) is 0 Å². The maximum Gasteiger partial charge on any atom is 0.135 e. The van der Waals surface area contributed by atoms with Gasteiger partial charge in [0, 0.05) is 0 Å². The molecule has 1 rings (SSSR count).